The fourth-order valence-electron chi connectivity index (χ4n) is 3.66. The van der Waals surface area contributed by atoms with E-state index in [1.54, 1.807) is 0 Å². The summed E-state index contributed by atoms with van der Waals surface area (Å²) >= 11 is 0. The van der Waals surface area contributed by atoms with Gasteiger partial charge >= 0.3 is 71.7 Å². The number of alkyl halides is 20. The molecular formula is C28H32F20O10. The smallest absolute Gasteiger partial charge is 0.459 e. The summed E-state index contributed by atoms with van der Waals surface area (Å²) in [6, 6.07) is 0. The van der Waals surface area contributed by atoms with Gasteiger partial charge in [-0.2, -0.15) is 87.8 Å². The van der Waals surface area contributed by atoms with Crippen LogP contribution in [0.4, 0.5) is 87.8 Å². The SMILES string of the molecule is CC(COCC(F)(F)C(F)(F)C(C)(F)F)OC(=O)CC(C(=O)OC(C)COCC(F)(F)C(F)(F)C(F)(F)F)C(O)C(=O)OC(C)COCC(F)(F)C(F)(F)C(F)(F)F. The Labute approximate surface area is 312 Å². The van der Waals surface area contributed by atoms with Crippen molar-refractivity contribution < 1.29 is 136 Å². The first kappa shape index (κ1) is 54.9. The van der Waals surface area contributed by atoms with E-state index in [-0.39, 0.29) is 0 Å². The average Bonchev–Trinajstić information content (AvgIpc) is 3.00. The molecule has 0 radical (unpaired) electrons. The summed E-state index contributed by atoms with van der Waals surface area (Å²) in [6.45, 7) is -10.3. The zero-order valence-corrected chi connectivity index (χ0v) is 29.5. The van der Waals surface area contributed by atoms with Gasteiger partial charge in [0.25, 0.3) is 0 Å². The summed E-state index contributed by atoms with van der Waals surface area (Å²) in [6.07, 6.45) is -23.9. The topological polar surface area (TPSA) is 127 Å². The van der Waals surface area contributed by atoms with Crippen LogP contribution in [0, 0.1) is 5.92 Å². The molecule has 10 nitrogen and oxygen atoms in total. The van der Waals surface area contributed by atoms with Crippen LogP contribution in [0.15, 0.2) is 0 Å². The van der Waals surface area contributed by atoms with Crippen molar-refractivity contribution in [2.24, 2.45) is 5.92 Å². The summed E-state index contributed by atoms with van der Waals surface area (Å²) in [5, 5.41) is 10.4. The highest BCUT2D eigenvalue weighted by atomic mass is 19.4. The fraction of sp³-hybridized carbons (Fsp3) is 0.893. The van der Waals surface area contributed by atoms with Crippen LogP contribution >= 0.6 is 0 Å². The van der Waals surface area contributed by atoms with E-state index in [0.717, 1.165) is 6.92 Å². The molecule has 58 heavy (non-hydrogen) atoms. The standard InChI is InChI=1S/C28H32F20O10/c1-12(6-53-9-21(31,32)24(37,38)20(4,29)30)56-16(49)5-15(18(51)57-13(2)7-54-10-22(33,34)25(39,40)27(43,44)45)17(50)19(52)58-14(3)8-55-11-23(35,36)26(41,42)28(46,47)48/h12-15,17,50H,5-11H2,1-4H3. The minimum atomic E-state index is -6.77. The number of hydrogen-bond acceptors (Lipinski definition) is 10. The maximum atomic E-state index is 13.7. The molecule has 5 unspecified atom stereocenters. The van der Waals surface area contributed by atoms with Crippen molar-refractivity contribution in [3.63, 3.8) is 0 Å². The van der Waals surface area contributed by atoms with Gasteiger partial charge in [0.2, 0.25) is 0 Å². The van der Waals surface area contributed by atoms with E-state index in [0.29, 0.717) is 13.8 Å². The maximum Gasteiger partial charge on any atom is 0.459 e. The van der Waals surface area contributed by atoms with Crippen molar-refractivity contribution in [1.82, 2.24) is 0 Å². The Balaban J connectivity index is 5.88. The quantitative estimate of drug-likeness (QED) is 0.0629. The number of halogens is 20. The predicted octanol–water partition coefficient (Wildman–Crippen LogP) is 6.79. The zero-order chi connectivity index (χ0) is 46.3. The highest BCUT2D eigenvalue weighted by Gasteiger charge is 2.74. The van der Waals surface area contributed by atoms with Crippen LogP contribution in [0.1, 0.15) is 34.1 Å². The van der Waals surface area contributed by atoms with Crippen molar-refractivity contribution in [3.8, 4) is 0 Å². The number of ether oxygens (including phenoxy) is 6. The Morgan fingerprint density at radius 3 is 1.09 bits per heavy atom. The van der Waals surface area contributed by atoms with E-state index < -0.39 is 155 Å². The number of aliphatic hydroxyl groups excluding tert-OH is 1. The Kier molecular flexibility index (Phi) is 18.4. The molecule has 0 heterocycles. The lowest BCUT2D eigenvalue weighted by Gasteiger charge is -2.30. The van der Waals surface area contributed by atoms with Crippen LogP contribution in [0.3, 0.4) is 0 Å². The second kappa shape index (κ2) is 19.5. The fourth-order valence-corrected chi connectivity index (χ4v) is 3.66. The van der Waals surface area contributed by atoms with Crippen LogP contribution in [0.5, 0.6) is 0 Å². The van der Waals surface area contributed by atoms with E-state index in [9.17, 15) is 107 Å². The van der Waals surface area contributed by atoms with Gasteiger partial charge < -0.3 is 33.5 Å². The van der Waals surface area contributed by atoms with E-state index in [1.165, 1.54) is 0 Å². The van der Waals surface area contributed by atoms with Gasteiger partial charge in [0.15, 0.2) is 6.10 Å². The maximum absolute atomic E-state index is 13.7. The number of aliphatic hydroxyl groups is 1. The molecule has 30 heteroatoms. The van der Waals surface area contributed by atoms with Crippen molar-refractivity contribution in [2.75, 3.05) is 39.6 Å². The molecular weight excluding hydrogens is 876 g/mol. The number of hydrogen-bond donors (Lipinski definition) is 1. The predicted molar refractivity (Wildman–Crippen MR) is 146 cm³/mol. The van der Waals surface area contributed by atoms with Crippen molar-refractivity contribution in [1.29, 1.82) is 0 Å². The molecule has 0 amide bonds. The molecule has 0 aliphatic rings. The molecule has 0 aliphatic carbocycles. The minimum Gasteiger partial charge on any atom is -0.460 e. The van der Waals surface area contributed by atoms with E-state index in [1.807, 2.05) is 0 Å². The summed E-state index contributed by atoms with van der Waals surface area (Å²) in [5.41, 5.74) is 0. The number of carbonyl (C=O) groups excluding carboxylic acids is 3. The highest BCUT2D eigenvalue weighted by Crippen LogP contribution is 2.48. The first-order valence-electron chi connectivity index (χ1n) is 15.4. The van der Waals surface area contributed by atoms with Crippen molar-refractivity contribution >= 4 is 17.9 Å². The van der Waals surface area contributed by atoms with Crippen LogP contribution in [-0.2, 0) is 42.8 Å². The van der Waals surface area contributed by atoms with Crippen molar-refractivity contribution in [2.45, 2.75) is 112 Å². The molecule has 0 aliphatic heterocycles. The van der Waals surface area contributed by atoms with Crippen molar-refractivity contribution in [3.05, 3.63) is 0 Å². The second-order valence-corrected chi connectivity index (χ2v) is 12.3. The molecule has 0 aromatic heterocycles. The second-order valence-electron chi connectivity index (χ2n) is 12.3. The molecule has 1 N–H and O–H groups in total. The number of esters is 3. The first-order valence-corrected chi connectivity index (χ1v) is 15.4. The van der Waals surface area contributed by atoms with Gasteiger partial charge in [0, 0.05) is 6.92 Å². The molecule has 0 aromatic rings. The molecule has 0 saturated carbocycles. The normalized spacial score (nSPS) is 16.9. The lowest BCUT2D eigenvalue weighted by molar-refractivity contribution is -0.362. The summed E-state index contributed by atoms with van der Waals surface area (Å²) in [4.78, 5) is 37.8. The third-order valence-corrected chi connectivity index (χ3v) is 6.83. The van der Waals surface area contributed by atoms with Gasteiger partial charge in [-0.25, -0.2) is 4.79 Å². The Morgan fingerprint density at radius 2 is 0.776 bits per heavy atom. The van der Waals surface area contributed by atoms with Gasteiger partial charge in [-0.15, -0.1) is 0 Å². The van der Waals surface area contributed by atoms with Crippen LogP contribution in [0.2, 0.25) is 0 Å². The lowest BCUT2D eigenvalue weighted by Crippen LogP contribution is -2.55. The van der Waals surface area contributed by atoms with E-state index in [4.69, 9.17) is 0 Å². The van der Waals surface area contributed by atoms with Gasteiger partial charge in [0.1, 0.15) is 44.1 Å². The van der Waals surface area contributed by atoms with Crippen LogP contribution < -0.4 is 0 Å². The first-order chi connectivity index (χ1) is 25.6. The molecule has 0 fully saturated rings. The van der Waals surface area contributed by atoms with Gasteiger partial charge in [-0.3, -0.25) is 9.59 Å². The third kappa shape index (κ3) is 14.3. The number of carbonyl (C=O) groups is 3. The monoisotopic (exact) mass is 908 g/mol. The molecule has 0 rings (SSSR count). The van der Waals surface area contributed by atoms with E-state index >= 15 is 0 Å². The van der Waals surface area contributed by atoms with Crippen LogP contribution in [-0.4, -0.2) is 141 Å². The Bertz CT molecular complexity index is 1350. The summed E-state index contributed by atoms with van der Waals surface area (Å²) in [5.74, 6) is -50.3. The molecule has 0 aromatic carbocycles. The van der Waals surface area contributed by atoms with Crippen LogP contribution in [0.25, 0.3) is 0 Å². The molecule has 5 atom stereocenters. The molecule has 0 saturated heterocycles. The molecule has 344 valence electrons. The number of rotatable bonds is 24. The largest absolute Gasteiger partial charge is 0.460 e. The third-order valence-electron chi connectivity index (χ3n) is 6.83. The summed E-state index contributed by atoms with van der Waals surface area (Å²) in [7, 11) is 0. The van der Waals surface area contributed by atoms with Gasteiger partial charge in [-0.1, -0.05) is 0 Å². The van der Waals surface area contributed by atoms with E-state index in [2.05, 4.69) is 28.4 Å². The van der Waals surface area contributed by atoms with Gasteiger partial charge in [0.05, 0.1) is 26.2 Å². The zero-order valence-electron chi connectivity index (χ0n) is 29.5. The average molecular weight is 909 g/mol. The minimum absolute atomic E-state index is 0.537. The highest BCUT2D eigenvalue weighted by molar-refractivity contribution is 5.87. The molecule has 0 bridgehead atoms. The molecule has 0 spiro atoms. The van der Waals surface area contributed by atoms with Gasteiger partial charge in [-0.05, 0) is 20.8 Å². The summed E-state index contributed by atoms with van der Waals surface area (Å²) < 4.78 is 286. The Hall–Kier alpha value is -3.15. The lowest BCUT2D eigenvalue weighted by atomic mass is 9.98. The Morgan fingerprint density at radius 1 is 0.483 bits per heavy atom.